The molecule has 1 N–H and O–H groups in total. The van der Waals surface area contributed by atoms with Crippen molar-refractivity contribution in [2.24, 2.45) is 0 Å². The Morgan fingerprint density at radius 2 is 1.70 bits per heavy atom. The third kappa shape index (κ3) is 5.08. The highest BCUT2D eigenvalue weighted by molar-refractivity contribution is 6.30. The molecule has 3 heteroatoms. The van der Waals surface area contributed by atoms with Crippen molar-refractivity contribution in [3.8, 4) is 0 Å². The minimum absolute atomic E-state index is 0.210. The smallest absolute Gasteiger partial charge is 0.0587 e. The molecular formula is C17H28ClNO. The van der Waals surface area contributed by atoms with Crippen molar-refractivity contribution in [2.45, 2.75) is 44.9 Å². The van der Waals surface area contributed by atoms with E-state index in [1.165, 1.54) is 31.2 Å². The fourth-order valence-corrected chi connectivity index (χ4v) is 3.08. The first kappa shape index (κ1) is 17.5. The Hall–Kier alpha value is -0.570. The highest BCUT2D eigenvalue weighted by Crippen LogP contribution is 2.34. The van der Waals surface area contributed by atoms with Crippen LogP contribution >= 0.6 is 11.6 Å². The third-order valence-corrected chi connectivity index (χ3v) is 4.11. The maximum absolute atomic E-state index is 6.03. The molecule has 0 aliphatic heterocycles. The number of methoxy groups -OCH3 is 1. The van der Waals surface area contributed by atoms with Crippen LogP contribution in [0.1, 0.15) is 45.1 Å². The van der Waals surface area contributed by atoms with Crippen molar-refractivity contribution < 1.29 is 4.74 Å². The lowest BCUT2D eigenvalue weighted by atomic mass is 9.73. The summed E-state index contributed by atoms with van der Waals surface area (Å²) in [6.45, 7) is 7.18. The van der Waals surface area contributed by atoms with Crippen LogP contribution in [0.4, 0.5) is 0 Å². The molecule has 114 valence electrons. The van der Waals surface area contributed by atoms with Gasteiger partial charge >= 0.3 is 0 Å². The normalized spacial score (nSPS) is 11.8. The van der Waals surface area contributed by atoms with Gasteiger partial charge in [0.05, 0.1) is 6.61 Å². The lowest BCUT2D eigenvalue weighted by Gasteiger charge is -2.35. The summed E-state index contributed by atoms with van der Waals surface area (Å²) < 4.78 is 5.12. The van der Waals surface area contributed by atoms with Gasteiger partial charge in [-0.3, -0.25) is 0 Å². The molecule has 0 saturated heterocycles. The van der Waals surface area contributed by atoms with Crippen molar-refractivity contribution >= 4 is 11.6 Å². The van der Waals surface area contributed by atoms with Crippen molar-refractivity contribution in [3.63, 3.8) is 0 Å². The van der Waals surface area contributed by atoms with Gasteiger partial charge in [0.1, 0.15) is 0 Å². The molecule has 0 fully saturated rings. The summed E-state index contributed by atoms with van der Waals surface area (Å²) >= 11 is 6.03. The molecule has 0 aliphatic rings. The summed E-state index contributed by atoms with van der Waals surface area (Å²) in [7, 11) is 1.74. The Balaban J connectivity index is 2.87. The van der Waals surface area contributed by atoms with Crippen LogP contribution in [0.2, 0.25) is 5.02 Å². The van der Waals surface area contributed by atoms with E-state index in [1.807, 2.05) is 12.1 Å². The molecule has 0 amide bonds. The van der Waals surface area contributed by atoms with Gasteiger partial charge in [-0.15, -0.1) is 0 Å². The van der Waals surface area contributed by atoms with Crippen LogP contribution in [-0.4, -0.2) is 26.8 Å². The Morgan fingerprint density at radius 3 is 2.20 bits per heavy atom. The Labute approximate surface area is 128 Å². The Bertz CT molecular complexity index is 358. The molecule has 0 atom stereocenters. The molecule has 0 saturated carbocycles. The molecule has 0 aromatic heterocycles. The van der Waals surface area contributed by atoms with Gasteiger partial charge in [-0.25, -0.2) is 0 Å². The SMILES string of the molecule is CCCC(CCC)(CNCCOC)c1ccc(Cl)cc1. The second-order valence-electron chi connectivity index (χ2n) is 5.46. The van der Waals surface area contributed by atoms with Gasteiger partial charge in [0.25, 0.3) is 0 Å². The number of benzene rings is 1. The van der Waals surface area contributed by atoms with Gasteiger partial charge in [-0.1, -0.05) is 50.4 Å². The highest BCUT2D eigenvalue weighted by Gasteiger charge is 2.29. The number of ether oxygens (including phenoxy) is 1. The minimum atomic E-state index is 0.210. The monoisotopic (exact) mass is 297 g/mol. The molecule has 0 heterocycles. The number of halogens is 1. The fraction of sp³-hybridized carbons (Fsp3) is 0.647. The average Bonchev–Trinajstić information content (AvgIpc) is 2.45. The van der Waals surface area contributed by atoms with Gasteiger partial charge in [-0.05, 0) is 30.5 Å². The second kappa shape index (κ2) is 9.38. The van der Waals surface area contributed by atoms with E-state index in [2.05, 4.69) is 31.3 Å². The lowest BCUT2D eigenvalue weighted by Crippen LogP contribution is -2.39. The minimum Gasteiger partial charge on any atom is -0.383 e. The molecule has 0 spiro atoms. The zero-order valence-corrected chi connectivity index (χ0v) is 13.8. The molecular weight excluding hydrogens is 270 g/mol. The predicted molar refractivity (Wildman–Crippen MR) is 87.7 cm³/mol. The van der Waals surface area contributed by atoms with Crippen LogP contribution in [-0.2, 0) is 10.2 Å². The summed E-state index contributed by atoms with van der Waals surface area (Å²) in [6.07, 6.45) is 4.77. The number of rotatable bonds is 10. The first-order valence-electron chi connectivity index (χ1n) is 7.64. The first-order chi connectivity index (χ1) is 9.68. The van der Waals surface area contributed by atoms with E-state index >= 15 is 0 Å². The third-order valence-electron chi connectivity index (χ3n) is 3.86. The molecule has 0 aliphatic carbocycles. The van der Waals surface area contributed by atoms with E-state index in [-0.39, 0.29) is 5.41 Å². The first-order valence-corrected chi connectivity index (χ1v) is 8.02. The summed E-state index contributed by atoms with van der Waals surface area (Å²) in [5.74, 6) is 0. The van der Waals surface area contributed by atoms with Gasteiger partial charge in [0.15, 0.2) is 0 Å². The van der Waals surface area contributed by atoms with E-state index < -0.39 is 0 Å². The quantitative estimate of drug-likeness (QED) is 0.646. The molecule has 2 nitrogen and oxygen atoms in total. The summed E-state index contributed by atoms with van der Waals surface area (Å²) in [5, 5.41) is 4.36. The molecule has 0 radical (unpaired) electrons. The van der Waals surface area contributed by atoms with Crippen LogP contribution in [0.5, 0.6) is 0 Å². The summed E-state index contributed by atoms with van der Waals surface area (Å²) in [6, 6.07) is 8.38. The van der Waals surface area contributed by atoms with Crippen molar-refractivity contribution in [3.05, 3.63) is 34.9 Å². The van der Waals surface area contributed by atoms with Gasteiger partial charge < -0.3 is 10.1 Å². The van der Waals surface area contributed by atoms with Crippen molar-refractivity contribution in [1.29, 1.82) is 0 Å². The number of hydrogen-bond donors (Lipinski definition) is 1. The van der Waals surface area contributed by atoms with Crippen LogP contribution in [0, 0.1) is 0 Å². The molecule has 0 unspecified atom stereocenters. The maximum atomic E-state index is 6.03. The standard InChI is InChI=1S/C17H28ClNO/c1-4-10-17(11-5-2,14-19-12-13-20-3)15-6-8-16(18)9-7-15/h6-9,19H,4-5,10-14H2,1-3H3. The topological polar surface area (TPSA) is 21.3 Å². The zero-order chi connectivity index (χ0) is 14.8. The number of nitrogens with one attached hydrogen (secondary N) is 1. The summed E-state index contributed by atoms with van der Waals surface area (Å²) in [4.78, 5) is 0. The average molecular weight is 298 g/mol. The van der Waals surface area contributed by atoms with Gasteiger partial charge in [0, 0.05) is 30.6 Å². The molecule has 1 aromatic rings. The molecule has 0 bridgehead atoms. The van der Waals surface area contributed by atoms with Gasteiger partial charge in [0.2, 0.25) is 0 Å². The van der Waals surface area contributed by atoms with E-state index in [4.69, 9.17) is 16.3 Å². The lowest BCUT2D eigenvalue weighted by molar-refractivity contribution is 0.195. The van der Waals surface area contributed by atoms with Gasteiger partial charge in [-0.2, -0.15) is 0 Å². The highest BCUT2D eigenvalue weighted by atomic mass is 35.5. The zero-order valence-electron chi connectivity index (χ0n) is 13.0. The Morgan fingerprint density at radius 1 is 1.10 bits per heavy atom. The largest absolute Gasteiger partial charge is 0.383 e. The molecule has 1 rings (SSSR count). The number of hydrogen-bond acceptors (Lipinski definition) is 2. The maximum Gasteiger partial charge on any atom is 0.0587 e. The van der Waals surface area contributed by atoms with Crippen LogP contribution in [0.3, 0.4) is 0 Å². The van der Waals surface area contributed by atoms with Crippen molar-refractivity contribution in [1.82, 2.24) is 5.32 Å². The van der Waals surface area contributed by atoms with E-state index in [0.29, 0.717) is 0 Å². The van der Waals surface area contributed by atoms with Crippen molar-refractivity contribution in [2.75, 3.05) is 26.8 Å². The molecule has 1 aromatic carbocycles. The van der Waals surface area contributed by atoms with E-state index in [1.54, 1.807) is 7.11 Å². The van der Waals surface area contributed by atoms with Crippen LogP contribution in [0.15, 0.2) is 24.3 Å². The van der Waals surface area contributed by atoms with E-state index in [0.717, 1.165) is 24.7 Å². The summed E-state index contributed by atoms with van der Waals surface area (Å²) in [5.41, 5.74) is 1.61. The van der Waals surface area contributed by atoms with Crippen LogP contribution < -0.4 is 5.32 Å². The van der Waals surface area contributed by atoms with Crippen LogP contribution in [0.25, 0.3) is 0 Å². The fourth-order valence-electron chi connectivity index (χ4n) is 2.95. The predicted octanol–water partition coefficient (Wildman–Crippen LogP) is 4.41. The molecule has 20 heavy (non-hydrogen) atoms. The second-order valence-corrected chi connectivity index (χ2v) is 5.89. The van der Waals surface area contributed by atoms with E-state index in [9.17, 15) is 0 Å². The Kier molecular flexibility index (Phi) is 8.20.